The minimum absolute atomic E-state index is 0.00515. The number of hydrogen-bond donors (Lipinski definition) is 0. The third-order valence-electron chi connectivity index (χ3n) is 6.99. The Bertz CT molecular complexity index is 1410. The lowest BCUT2D eigenvalue weighted by atomic mass is 9.82. The van der Waals surface area contributed by atoms with Crippen LogP contribution in [0.15, 0.2) is 65.5 Å². The first kappa shape index (κ1) is 23.1. The molecule has 0 bridgehead atoms. The maximum atomic E-state index is 15.7. The number of piperidine rings is 1. The topological polar surface area (TPSA) is 39.4 Å². The van der Waals surface area contributed by atoms with Crippen LogP contribution >= 0.6 is 0 Å². The van der Waals surface area contributed by atoms with E-state index in [1.807, 2.05) is 54.6 Å². The summed E-state index contributed by atoms with van der Waals surface area (Å²) in [7, 11) is 1.55. The predicted molar refractivity (Wildman–Crippen MR) is 134 cm³/mol. The molecular formula is C28H29F2N3O2. The fourth-order valence-corrected chi connectivity index (χ4v) is 4.72. The zero-order valence-corrected chi connectivity index (χ0v) is 20.2. The molecule has 4 aromatic rings. The van der Waals surface area contributed by atoms with Gasteiger partial charge in [-0.2, -0.15) is 0 Å². The van der Waals surface area contributed by atoms with Crippen molar-refractivity contribution in [1.29, 1.82) is 0 Å². The molecule has 5 rings (SSSR count). The Morgan fingerprint density at radius 3 is 2.23 bits per heavy atom. The zero-order valence-electron chi connectivity index (χ0n) is 20.2. The summed E-state index contributed by atoms with van der Waals surface area (Å²) in [6.45, 7) is 6.56. The van der Waals surface area contributed by atoms with Gasteiger partial charge < -0.3 is 9.64 Å². The van der Waals surface area contributed by atoms with Gasteiger partial charge in [-0.1, -0.05) is 44.2 Å². The van der Waals surface area contributed by atoms with E-state index in [1.54, 1.807) is 7.05 Å². The standard InChI is InChI=1S/C28H29F2N3O2/c1-28(2)13-15-32(16-14-28)20-9-11-21(12-10-20)33-25-22(27(34)31(33)3)17-23(29)26(24(25)30)35-18-19-7-5-4-6-8-19/h4-12,17H,13-16,18H2,1-3H3. The van der Waals surface area contributed by atoms with Crippen LogP contribution in [0.2, 0.25) is 0 Å². The summed E-state index contributed by atoms with van der Waals surface area (Å²) in [5.74, 6) is -2.28. The molecule has 5 nitrogen and oxygen atoms in total. The van der Waals surface area contributed by atoms with Crippen LogP contribution in [0.25, 0.3) is 16.6 Å². The van der Waals surface area contributed by atoms with E-state index in [-0.39, 0.29) is 17.5 Å². The molecular weight excluding hydrogens is 448 g/mol. The molecule has 35 heavy (non-hydrogen) atoms. The van der Waals surface area contributed by atoms with Crippen molar-refractivity contribution in [1.82, 2.24) is 9.36 Å². The Kier molecular flexibility index (Phi) is 5.87. The number of nitrogens with zero attached hydrogens (tertiary/aromatic N) is 3. The van der Waals surface area contributed by atoms with E-state index in [2.05, 4.69) is 18.7 Å². The van der Waals surface area contributed by atoms with Crippen molar-refractivity contribution in [3.8, 4) is 11.4 Å². The smallest absolute Gasteiger partial charge is 0.274 e. The molecule has 1 aliphatic rings. The lowest BCUT2D eigenvalue weighted by molar-refractivity contribution is 0.275. The van der Waals surface area contributed by atoms with Gasteiger partial charge in [0.2, 0.25) is 0 Å². The van der Waals surface area contributed by atoms with Gasteiger partial charge in [-0.3, -0.25) is 4.79 Å². The van der Waals surface area contributed by atoms with Gasteiger partial charge in [-0.05, 0) is 54.2 Å². The minimum atomic E-state index is -0.899. The highest BCUT2D eigenvalue weighted by atomic mass is 19.1. The first-order valence-electron chi connectivity index (χ1n) is 11.9. The summed E-state index contributed by atoms with van der Waals surface area (Å²) >= 11 is 0. The second-order valence-electron chi connectivity index (χ2n) is 9.98. The van der Waals surface area contributed by atoms with Crippen LogP contribution in [-0.2, 0) is 13.7 Å². The molecule has 7 heteroatoms. The van der Waals surface area contributed by atoms with Crippen LogP contribution in [0.3, 0.4) is 0 Å². The van der Waals surface area contributed by atoms with Crippen molar-refractivity contribution in [2.24, 2.45) is 12.5 Å². The lowest BCUT2D eigenvalue weighted by Gasteiger charge is -2.38. The maximum absolute atomic E-state index is 15.7. The number of aromatic nitrogens is 2. The Labute approximate surface area is 203 Å². The first-order chi connectivity index (χ1) is 16.7. The second kappa shape index (κ2) is 8.87. The van der Waals surface area contributed by atoms with Gasteiger partial charge in [0.25, 0.3) is 5.56 Å². The average molecular weight is 478 g/mol. The van der Waals surface area contributed by atoms with Crippen molar-refractivity contribution < 1.29 is 13.5 Å². The van der Waals surface area contributed by atoms with Gasteiger partial charge in [0, 0.05) is 25.8 Å². The van der Waals surface area contributed by atoms with E-state index in [9.17, 15) is 9.18 Å². The molecule has 0 spiro atoms. The molecule has 1 fully saturated rings. The van der Waals surface area contributed by atoms with Crippen LogP contribution in [0.4, 0.5) is 14.5 Å². The molecule has 1 saturated heterocycles. The first-order valence-corrected chi connectivity index (χ1v) is 11.9. The largest absolute Gasteiger partial charge is 0.483 e. The summed E-state index contributed by atoms with van der Waals surface area (Å²) < 4.78 is 38.8. The fraction of sp³-hybridized carbons (Fsp3) is 0.321. The molecule has 1 aromatic heterocycles. The summed E-state index contributed by atoms with van der Waals surface area (Å²) in [6.07, 6.45) is 2.24. The SMILES string of the molecule is Cn1c(=O)c2cc(F)c(OCc3ccccc3)c(F)c2n1-c1ccc(N2CCC(C)(C)CC2)cc1. The lowest BCUT2D eigenvalue weighted by Crippen LogP contribution is -2.37. The van der Waals surface area contributed by atoms with Crippen LogP contribution in [-0.4, -0.2) is 22.5 Å². The molecule has 2 heterocycles. The van der Waals surface area contributed by atoms with E-state index in [1.165, 1.54) is 9.36 Å². The van der Waals surface area contributed by atoms with Gasteiger partial charge >= 0.3 is 0 Å². The number of benzene rings is 3. The molecule has 0 amide bonds. The number of hydrogen-bond acceptors (Lipinski definition) is 3. The Morgan fingerprint density at radius 2 is 1.57 bits per heavy atom. The third-order valence-corrected chi connectivity index (χ3v) is 6.99. The van der Waals surface area contributed by atoms with Gasteiger partial charge in [-0.25, -0.2) is 18.1 Å². The van der Waals surface area contributed by atoms with Gasteiger partial charge in [-0.15, -0.1) is 0 Å². The summed E-state index contributed by atoms with van der Waals surface area (Å²) in [5.41, 5.74) is 2.35. The van der Waals surface area contributed by atoms with Gasteiger partial charge in [0.05, 0.1) is 11.1 Å². The molecule has 0 saturated carbocycles. The molecule has 0 aliphatic carbocycles. The summed E-state index contributed by atoms with van der Waals surface area (Å²) in [6, 6.07) is 17.9. The monoisotopic (exact) mass is 477 g/mol. The number of fused-ring (bicyclic) bond motifs is 1. The predicted octanol–water partition coefficient (Wildman–Crippen LogP) is 5.81. The van der Waals surface area contributed by atoms with Crippen molar-refractivity contribution in [2.45, 2.75) is 33.3 Å². The van der Waals surface area contributed by atoms with E-state index in [4.69, 9.17) is 4.74 Å². The Balaban J connectivity index is 1.51. The molecule has 0 unspecified atom stereocenters. The normalized spacial score (nSPS) is 15.5. The molecule has 1 aliphatic heterocycles. The minimum Gasteiger partial charge on any atom is -0.483 e. The number of rotatable bonds is 5. The Morgan fingerprint density at radius 1 is 0.943 bits per heavy atom. The van der Waals surface area contributed by atoms with E-state index >= 15 is 4.39 Å². The number of ether oxygens (including phenoxy) is 1. The average Bonchev–Trinajstić information content (AvgIpc) is 3.10. The summed E-state index contributed by atoms with van der Waals surface area (Å²) in [4.78, 5) is 15.2. The van der Waals surface area contributed by atoms with Crippen LogP contribution in [0.1, 0.15) is 32.3 Å². The fourth-order valence-electron chi connectivity index (χ4n) is 4.72. The van der Waals surface area contributed by atoms with Crippen LogP contribution < -0.4 is 15.2 Å². The number of anilines is 1. The molecule has 3 aromatic carbocycles. The maximum Gasteiger partial charge on any atom is 0.274 e. The highest BCUT2D eigenvalue weighted by molar-refractivity contribution is 5.83. The van der Waals surface area contributed by atoms with E-state index < -0.39 is 22.9 Å². The van der Waals surface area contributed by atoms with Crippen molar-refractivity contribution in [2.75, 3.05) is 18.0 Å². The highest BCUT2D eigenvalue weighted by Gasteiger charge is 2.26. The van der Waals surface area contributed by atoms with Gasteiger partial charge in [0.15, 0.2) is 17.4 Å². The highest BCUT2D eigenvalue weighted by Crippen LogP contribution is 2.34. The van der Waals surface area contributed by atoms with E-state index in [0.717, 1.165) is 43.2 Å². The van der Waals surface area contributed by atoms with Crippen LogP contribution in [0.5, 0.6) is 5.75 Å². The molecule has 0 N–H and O–H groups in total. The van der Waals surface area contributed by atoms with Crippen molar-refractivity contribution in [3.63, 3.8) is 0 Å². The van der Waals surface area contributed by atoms with Gasteiger partial charge in [0.1, 0.15) is 12.1 Å². The quantitative estimate of drug-likeness (QED) is 0.364. The molecule has 0 radical (unpaired) electrons. The number of halogens is 2. The second-order valence-corrected chi connectivity index (χ2v) is 9.98. The molecule has 182 valence electrons. The third kappa shape index (κ3) is 4.31. The van der Waals surface area contributed by atoms with Crippen molar-refractivity contribution in [3.05, 3.63) is 88.2 Å². The summed E-state index contributed by atoms with van der Waals surface area (Å²) in [5, 5.41) is -0.0306. The molecule has 0 atom stereocenters. The zero-order chi connectivity index (χ0) is 24.7. The Hall–Kier alpha value is -3.61. The van der Waals surface area contributed by atoms with Crippen LogP contribution in [0, 0.1) is 17.0 Å². The van der Waals surface area contributed by atoms with E-state index in [0.29, 0.717) is 11.1 Å². The van der Waals surface area contributed by atoms with Crippen molar-refractivity contribution >= 4 is 16.6 Å².